The number of nitriles is 2. The van der Waals surface area contributed by atoms with Gasteiger partial charge in [0, 0.05) is 12.3 Å². The Morgan fingerprint density at radius 2 is 2.00 bits per heavy atom. The van der Waals surface area contributed by atoms with E-state index in [9.17, 15) is 29.3 Å². The van der Waals surface area contributed by atoms with Crippen molar-refractivity contribution in [2.75, 3.05) is 6.61 Å². The van der Waals surface area contributed by atoms with Crippen molar-refractivity contribution in [3.05, 3.63) is 33.1 Å². The van der Waals surface area contributed by atoms with Crippen LogP contribution in [0.1, 0.15) is 13.2 Å². The molecule has 0 spiro atoms. The molecule has 0 bridgehead atoms. The first-order valence-corrected chi connectivity index (χ1v) is 8.85. The number of phosphoric acid groups is 1. The highest BCUT2D eigenvalue weighted by Crippen LogP contribution is 2.47. The van der Waals surface area contributed by atoms with Gasteiger partial charge in [-0.25, -0.2) is 9.36 Å². The molecule has 2 heterocycles. The second-order valence-electron chi connectivity index (χ2n) is 5.68. The zero-order valence-corrected chi connectivity index (χ0v) is 14.6. The van der Waals surface area contributed by atoms with Gasteiger partial charge in [-0.15, -0.1) is 0 Å². The van der Waals surface area contributed by atoms with Crippen LogP contribution in [0.25, 0.3) is 0 Å². The predicted molar refractivity (Wildman–Crippen MR) is 83.7 cm³/mol. The SMILES string of the molecule is CC(C#N)(C#N)OP(=O)(O)OC[C@@H]1O[C@H](n2ccc(=O)[nH]c2=O)C(O)C1O. The first-order valence-electron chi connectivity index (χ1n) is 7.35. The van der Waals surface area contributed by atoms with Crippen LogP contribution in [0, 0.1) is 22.7 Å². The van der Waals surface area contributed by atoms with Gasteiger partial charge in [0.25, 0.3) is 5.56 Å². The summed E-state index contributed by atoms with van der Waals surface area (Å²) in [5.74, 6) is 0. The normalized spacial score (nSPS) is 27.5. The summed E-state index contributed by atoms with van der Waals surface area (Å²) >= 11 is 0. The third-order valence-corrected chi connectivity index (χ3v) is 4.66. The third-order valence-electron chi connectivity index (χ3n) is 3.59. The van der Waals surface area contributed by atoms with Gasteiger partial charge in [0.1, 0.15) is 30.5 Å². The molecule has 1 aromatic rings. The summed E-state index contributed by atoms with van der Waals surface area (Å²) in [7, 11) is -4.89. The van der Waals surface area contributed by atoms with Crippen LogP contribution in [-0.4, -0.2) is 55.2 Å². The summed E-state index contributed by atoms with van der Waals surface area (Å²) in [4.78, 5) is 34.4. The minimum atomic E-state index is -4.89. The van der Waals surface area contributed by atoms with Crippen LogP contribution in [0.15, 0.2) is 21.9 Å². The molecule has 1 saturated heterocycles. The number of aliphatic hydroxyl groups excluding tert-OH is 2. The Bertz CT molecular complexity index is 931. The lowest BCUT2D eigenvalue weighted by atomic mass is 10.1. The minimum Gasteiger partial charge on any atom is -0.387 e. The van der Waals surface area contributed by atoms with Gasteiger partial charge in [-0.3, -0.25) is 23.4 Å². The lowest BCUT2D eigenvalue weighted by Gasteiger charge is -2.20. The number of nitrogens with one attached hydrogen (secondary N) is 1. The van der Waals surface area contributed by atoms with Crippen molar-refractivity contribution in [2.24, 2.45) is 0 Å². The number of nitrogens with zero attached hydrogens (tertiary/aromatic N) is 3. The van der Waals surface area contributed by atoms with E-state index in [4.69, 9.17) is 15.3 Å². The molecule has 4 N–H and O–H groups in total. The highest BCUT2D eigenvalue weighted by Gasteiger charge is 2.46. The number of aliphatic hydroxyl groups is 2. The molecule has 0 saturated carbocycles. The van der Waals surface area contributed by atoms with Crippen LogP contribution in [0.3, 0.4) is 0 Å². The van der Waals surface area contributed by atoms with Crippen molar-refractivity contribution in [1.29, 1.82) is 10.5 Å². The summed E-state index contributed by atoms with van der Waals surface area (Å²) in [5, 5.41) is 37.6. The highest BCUT2D eigenvalue weighted by atomic mass is 31.2. The number of ether oxygens (including phenoxy) is 1. The van der Waals surface area contributed by atoms with Crippen LogP contribution in [0.2, 0.25) is 0 Å². The van der Waals surface area contributed by atoms with Gasteiger partial charge in [-0.05, 0) is 6.92 Å². The average Bonchev–Trinajstić information content (AvgIpc) is 2.88. The summed E-state index contributed by atoms with van der Waals surface area (Å²) in [6.07, 6.45) is -4.96. The largest absolute Gasteiger partial charge is 0.474 e. The van der Waals surface area contributed by atoms with Crippen LogP contribution < -0.4 is 11.2 Å². The van der Waals surface area contributed by atoms with E-state index in [1.165, 1.54) is 12.1 Å². The molecule has 1 aromatic heterocycles. The second kappa shape index (κ2) is 7.72. The lowest BCUT2D eigenvalue weighted by molar-refractivity contribution is -0.0563. The van der Waals surface area contributed by atoms with Crippen molar-refractivity contribution in [2.45, 2.75) is 37.1 Å². The maximum absolute atomic E-state index is 11.8. The van der Waals surface area contributed by atoms with E-state index in [2.05, 4.69) is 9.05 Å². The molecule has 0 aromatic carbocycles. The van der Waals surface area contributed by atoms with E-state index in [0.29, 0.717) is 0 Å². The van der Waals surface area contributed by atoms with Gasteiger partial charge < -0.3 is 19.8 Å². The molecule has 2 rings (SSSR count). The van der Waals surface area contributed by atoms with Crippen molar-refractivity contribution < 1.29 is 33.5 Å². The van der Waals surface area contributed by atoms with Crippen molar-refractivity contribution in [3.8, 4) is 12.1 Å². The molecule has 146 valence electrons. The van der Waals surface area contributed by atoms with Crippen molar-refractivity contribution >= 4 is 7.82 Å². The van der Waals surface area contributed by atoms with Gasteiger partial charge in [0.2, 0.25) is 5.60 Å². The molecule has 14 heteroatoms. The Kier molecular flexibility index (Phi) is 5.99. The molecule has 1 fully saturated rings. The number of rotatable bonds is 6. The van der Waals surface area contributed by atoms with E-state index in [0.717, 1.165) is 23.8 Å². The summed E-state index contributed by atoms with van der Waals surface area (Å²) < 4.78 is 27.0. The zero-order chi connectivity index (χ0) is 20.4. The van der Waals surface area contributed by atoms with Crippen LogP contribution in [-0.2, 0) is 18.3 Å². The first-order chi connectivity index (χ1) is 12.5. The Morgan fingerprint density at radius 1 is 1.37 bits per heavy atom. The number of hydrogen-bond donors (Lipinski definition) is 4. The summed E-state index contributed by atoms with van der Waals surface area (Å²) in [5.41, 5.74) is -3.83. The van der Waals surface area contributed by atoms with Crippen LogP contribution in [0.5, 0.6) is 0 Å². The summed E-state index contributed by atoms with van der Waals surface area (Å²) in [6, 6.07) is 3.76. The summed E-state index contributed by atoms with van der Waals surface area (Å²) in [6.45, 7) is 0.177. The fraction of sp³-hybridized carbons (Fsp3) is 0.538. The Labute approximate surface area is 151 Å². The van der Waals surface area contributed by atoms with Crippen molar-refractivity contribution in [1.82, 2.24) is 9.55 Å². The van der Waals surface area contributed by atoms with Crippen LogP contribution in [0.4, 0.5) is 0 Å². The van der Waals surface area contributed by atoms with Gasteiger partial charge in [0.15, 0.2) is 6.23 Å². The topological polar surface area (TPSA) is 208 Å². The smallest absolute Gasteiger partial charge is 0.387 e. The standard InChI is InChI=1S/C13H15N4O9P/c1-13(5-14,6-15)26-27(22,23)24-4-7-9(19)10(20)11(25-7)17-3-2-8(18)16-12(17)21/h2-3,7,9-11,19-20H,4H2,1H3,(H,22,23)(H,16,18,21)/t7-,9?,10?,11-/m0/s1. The van der Waals surface area contributed by atoms with E-state index in [-0.39, 0.29) is 0 Å². The molecule has 1 aliphatic rings. The number of H-pyrrole nitrogens is 1. The highest BCUT2D eigenvalue weighted by molar-refractivity contribution is 7.47. The number of phosphoric ester groups is 1. The van der Waals surface area contributed by atoms with Crippen LogP contribution >= 0.6 is 7.82 Å². The maximum atomic E-state index is 11.8. The van der Waals surface area contributed by atoms with E-state index >= 15 is 0 Å². The molecule has 1 aliphatic heterocycles. The molecular formula is C13H15N4O9P. The number of hydrogen-bond acceptors (Lipinski definition) is 10. The van der Waals surface area contributed by atoms with Gasteiger partial charge in [-0.2, -0.15) is 10.5 Å². The second-order valence-corrected chi connectivity index (χ2v) is 7.05. The molecule has 5 atom stereocenters. The first kappa shape index (κ1) is 21.0. The fourth-order valence-corrected chi connectivity index (χ4v) is 3.15. The molecule has 3 unspecified atom stereocenters. The van der Waals surface area contributed by atoms with E-state index in [1.807, 2.05) is 4.98 Å². The Balaban J connectivity index is 2.09. The molecule has 0 radical (unpaired) electrons. The monoisotopic (exact) mass is 402 g/mol. The van der Waals surface area contributed by atoms with Crippen molar-refractivity contribution in [3.63, 3.8) is 0 Å². The fourth-order valence-electron chi connectivity index (χ4n) is 2.21. The zero-order valence-electron chi connectivity index (χ0n) is 13.8. The number of aromatic amines is 1. The van der Waals surface area contributed by atoms with Gasteiger partial charge in [-0.1, -0.05) is 0 Å². The molecule has 27 heavy (non-hydrogen) atoms. The minimum absolute atomic E-state index is 0.680. The van der Waals surface area contributed by atoms with Gasteiger partial charge in [0.05, 0.1) is 6.61 Å². The van der Waals surface area contributed by atoms with E-state index < -0.39 is 55.8 Å². The van der Waals surface area contributed by atoms with E-state index in [1.54, 1.807) is 0 Å². The molecule has 13 nitrogen and oxygen atoms in total. The number of aromatic nitrogens is 2. The predicted octanol–water partition coefficient (Wildman–Crippen LogP) is -1.90. The molecular weight excluding hydrogens is 387 g/mol. The quantitative estimate of drug-likeness (QED) is 0.386. The Morgan fingerprint density at radius 3 is 2.56 bits per heavy atom. The maximum Gasteiger partial charge on any atom is 0.474 e. The lowest BCUT2D eigenvalue weighted by Crippen LogP contribution is -2.37. The third kappa shape index (κ3) is 4.68. The van der Waals surface area contributed by atoms with Gasteiger partial charge >= 0.3 is 13.5 Å². The molecule has 0 amide bonds. The Hall–Kier alpha value is -2.35. The average molecular weight is 402 g/mol. The molecule has 0 aliphatic carbocycles.